The topological polar surface area (TPSA) is 59.7 Å². The number of carbonyl (C=O) groups excluding carboxylic acids is 1. The minimum absolute atomic E-state index is 0.338. The van der Waals surface area contributed by atoms with Crippen LogP contribution in [0, 0.1) is 5.92 Å². The predicted molar refractivity (Wildman–Crippen MR) is 78.3 cm³/mol. The average Bonchev–Trinajstić information content (AvgIpc) is 3.13. The number of fused-ring (bicyclic) bond motifs is 1. The lowest BCUT2D eigenvalue weighted by molar-refractivity contribution is 0.0600. The monoisotopic (exact) mass is 288 g/mol. The summed E-state index contributed by atoms with van der Waals surface area (Å²) in [6.45, 7) is 5.56. The first-order valence-electron chi connectivity index (χ1n) is 7.35. The Morgan fingerprint density at radius 3 is 3.00 bits per heavy atom. The molecule has 3 rings (SSSR count). The highest BCUT2D eigenvalue weighted by Crippen LogP contribution is 2.20. The van der Waals surface area contributed by atoms with Crippen molar-refractivity contribution in [2.24, 2.45) is 5.92 Å². The first kappa shape index (κ1) is 14.0. The largest absolute Gasteiger partial charge is 0.465 e. The van der Waals surface area contributed by atoms with E-state index >= 15 is 0 Å². The molecule has 1 unspecified atom stereocenters. The fourth-order valence-electron chi connectivity index (χ4n) is 2.94. The Morgan fingerprint density at radius 2 is 2.29 bits per heavy atom. The van der Waals surface area contributed by atoms with Crippen LogP contribution in [0.25, 0.3) is 5.65 Å². The molecule has 6 nitrogen and oxygen atoms in total. The average molecular weight is 288 g/mol. The third-order valence-corrected chi connectivity index (χ3v) is 4.18. The van der Waals surface area contributed by atoms with Gasteiger partial charge in [0.2, 0.25) is 0 Å². The Bertz CT molecular complexity index is 652. The van der Waals surface area contributed by atoms with Crippen LogP contribution >= 0.6 is 0 Å². The molecule has 2 aromatic heterocycles. The van der Waals surface area contributed by atoms with E-state index in [1.807, 2.05) is 4.40 Å². The van der Waals surface area contributed by atoms with Gasteiger partial charge in [0, 0.05) is 19.2 Å². The smallest absolute Gasteiger partial charge is 0.339 e. The fraction of sp³-hybridized carbons (Fsp3) is 0.533. The van der Waals surface area contributed by atoms with E-state index in [0.29, 0.717) is 11.5 Å². The maximum absolute atomic E-state index is 11.6. The molecule has 0 spiro atoms. The third kappa shape index (κ3) is 2.76. The summed E-state index contributed by atoms with van der Waals surface area (Å²) >= 11 is 0. The molecule has 1 aliphatic heterocycles. The lowest BCUT2D eigenvalue weighted by Crippen LogP contribution is -2.20. The molecule has 0 aromatic carbocycles. The van der Waals surface area contributed by atoms with Gasteiger partial charge < -0.3 is 9.64 Å². The standard InChI is InChI=1S/C15H20N4O2/c1-3-18-7-6-11(9-18)8-14-17-16-13-5-4-12(10-19(13)14)15(20)21-2/h4-5,10-11H,3,6-9H2,1-2H3. The number of aromatic nitrogens is 3. The van der Waals surface area contributed by atoms with Gasteiger partial charge in [-0.25, -0.2) is 4.79 Å². The molecule has 1 aliphatic rings. The summed E-state index contributed by atoms with van der Waals surface area (Å²) < 4.78 is 6.67. The number of methoxy groups -OCH3 is 1. The molecule has 0 aliphatic carbocycles. The summed E-state index contributed by atoms with van der Waals surface area (Å²) in [6, 6.07) is 3.52. The summed E-state index contributed by atoms with van der Waals surface area (Å²) in [4.78, 5) is 14.1. The zero-order chi connectivity index (χ0) is 14.8. The first-order valence-corrected chi connectivity index (χ1v) is 7.35. The van der Waals surface area contributed by atoms with E-state index in [1.54, 1.807) is 18.3 Å². The van der Waals surface area contributed by atoms with Crippen LogP contribution in [0.1, 0.15) is 29.5 Å². The van der Waals surface area contributed by atoms with Crippen LogP contribution in [0.2, 0.25) is 0 Å². The summed E-state index contributed by atoms with van der Waals surface area (Å²) in [5.74, 6) is 1.19. The fourth-order valence-corrected chi connectivity index (χ4v) is 2.94. The molecular formula is C15H20N4O2. The highest BCUT2D eigenvalue weighted by molar-refractivity contribution is 5.89. The minimum Gasteiger partial charge on any atom is -0.465 e. The quantitative estimate of drug-likeness (QED) is 0.796. The second-order valence-electron chi connectivity index (χ2n) is 5.51. The number of ether oxygens (including phenoxy) is 1. The molecule has 1 fully saturated rings. The normalized spacial score (nSPS) is 19.2. The van der Waals surface area contributed by atoms with Crippen molar-refractivity contribution in [3.8, 4) is 0 Å². The lowest BCUT2D eigenvalue weighted by Gasteiger charge is -2.12. The molecule has 1 saturated heterocycles. The van der Waals surface area contributed by atoms with E-state index in [2.05, 4.69) is 22.0 Å². The van der Waals surface area contributed by atoms with Crippen LogP contribution in [-0.2, 0) is 11.2 Å². The van der Waals surface area contributed by atoms with Crippen LogP contribution in [0.15, 0.2) is 18.3 Å². The first-order chi connectivity index (χ1) is 10.2. The Kier molecular flexibility index (Phi) is 3.88. The van der Waals surface area contributed by atoms with Crippen LogP contribution in [0.4, 0.5) is 0 Å². The highest BCUT2D eigenvalue weighted by Gasteiger charge is 2.23. The van der Waals surface area contributed by atoms with Gasteiger partial charge in [-0.1, -0.05) is 6.92 Å². The van der Waals surface area contributed by atoms with Gasteiger partial charge in [-0.3, -0.25) is 4.40 Å². The van der Waals surface area contributed by atoms with Crippen LogP contribution in [-0.4, -0.2) is 52.2 Å². The third-order valence-electron chi connectivity index (χ3n) is 4.18. The Balaban J connectivity index is 1.83. The Hall–Kier alpha value is -1.95. The number of hydrogen-bond donors (Lipinski definition) is 0. The number of nitrogens with zero attached hydrogens (tertiary/aromatic N) is 4. The SMILES string of the molecule is CCN1CCC(Cc2nnc3ccc(C(=O)OC)cn23)C1. The van der Waals surface area contributed by atoms with E-state index in [0.717, 1.165) is 37.5 Å². The molecule has 21 heavy (non-hydrogen) atoms. The molecule has 0 bridgehead atoms. The van der Waals surface area contributed by atoms with Crippen molar-refractivity contribution in [3.63, 3.8) is 0 Å². The molecule has 1 atom stereocenters. The Labute approximate surface area is 123 Å². The zero-order valence-corrected chi connectivity index (χ0v) is 12.5. The van der Waals surface area contributed by atoms with Crippen molar-refractivity contribution in [1.29, 1.82) is 0 Å². The minimum atomic E-state index is -0.338. The zero-order valence-electron chi connectivity index (χ0n) is 12.5. The number of pyridine rings is 1. The number of hydrogen-bond acceptors (Lipinski definition) is 5. The molecule has 2 aromatic rings. The summed E-state index contributed by atoms with van der Waals surface area (Å²) in [6.07, 6.45) is 3.85. The number of likely N-dealkylation sites (tertiary alicyclic amines) is 1. The van der Waals surface area contributed by atoms with E-state index in [-0.39, 0.29) is 5.97 Å². The van der Waals surface area contributed by atoms with Gasteiger partial charge in [0.25, 0.3) is 0 Å². The van der Waals surface area contributed by atoms with Gasteiger partial charge in [-0.05, 0) is 37.6 Å². The van der Waals surface area contributed by atoms with E-state index < -0.39 is 0 Å². The van der Waals surface area contributed by atoms with Gasteiger partial charge in [0.1, 0.15) is 5.82 Å². The van der Waals surface area contributed by atoms with Crippen molar-refractivity contribution in [1.82, 2.24) is 19.5 Å². The molecule has 0 saturated carbocycles. The maximum Gasteiger partial charge on any atom is 0.339 e. The van der Waals surface area contributed by atoms with Crippen molar-refractivity contribution in [2.75, 3.05) is 26.7 Å². The second kappa shape index (κ2) is 5.81. The molecule has 0 N–H and O–H groups in total. The van der Waals surface area contributed by atoms with Crippen LogP contribution < -0.4 is 0 Å². The van der Waals surface area contributed by atoms with Crippen molar-refractivity contribution < 1.29 is 9.53 Å². The molecule has 6 heteroatoms. The van der Waals surface area contributed by atoms with Gasteiger partial charge in [0.15, 0.2) is 5.65 Å². The molecule has 3 heterocycles. The Morgan fingerprint density at radius 1 is 1.43 bits per heavy atom. The van der Waals surface area contributed by atoms with Crippen LogP contribution in [0.3, 0.4) is 0 Å². The van der Waals surface area contributed by atoms with E-state index in [1.165, 1.54) is 13.5 Å². The number of rotatable bonds is 4. The van der Waals surface area contributed by atoms with Gasteiger partial charge in [-0.2, -0.15) is 0 Å². The number of esters is 1. The molecular weight excluding hydrogens is 268 g/mol. The summed E-state index contributed by atoms with van der Waals surface area (Å²) in [5.41, 5.74) is 1.29. The molecule has 112 valence electrons. The van der Waals surface area contributed by atoms with Crippen LogP contribution in [0.5, 0.6) is 0 Å². The van der Waals surface area contributed by atoms with Crippen molar-refractivity contribution >= 4 is 11.6 Å². The molecule has 0 amide bonds. The van der Waals surface area contributed by atoms with Crippen molar-refractivity contribution in [3.05, 3.63) is 29.7 Å². The van der Waals surface area contributed by atoms with E-state index in [4.69, 9.17) is 4.74 Å². The molecule has 0 radical (unpaired) electrons. The van der Waals surface area contributed by atoms with Gasteiger partial charge in [-0.15, -0.1) is 10.2 Å². The summed E-state index contributed by atoms with van der Waals surface area (Å²) in [7, 11) is 1.39. The van der Waals surface area contributed by atoms with Gasteiger partial charge >= 0.3 is 5.97 Å². The van der Waals surface area contributed by atoms with E-state index in [9.17, 15) is 4.79 Å². The van der Waals surface area contributed by atoms with Gasteiger partial charge in [0.05, 0.1) is 12.7 Å². The number of carbonyl (C=O) groups is 1. The predicted octanol–water partition coefficient (Wildman–Crippen LogP) is 1.40. The maximum atomic E-state index is 11.6. The van der Waals surface area contributed by atoms with Crippen molar-refractivity contribution in [2.45, 2.75) is 19.8 Å². The summed E-state index contributed by atoms with van der Waals surface area (Å²) in [5, 5.41) is 8.45. The lowest BCUT2D eigenvalue weighted by atomic mass is 10.0. The second-order valence-corrected chi connectivity index (χ2v) is 5.51. The highest BCUT2D eigenvalue weighted by atomic mass is 16.5.